The number of phenols is 2. The second-order valence-electron chi connectivity index (χ2n) is 13.4. The molecule has 4 N–H and O–H groups in total. The number of aromatic hydroxyl groups is 2. The van der Waals surface area contributed by atoms with Gasteiger partial charge in [-0.05, 0) is 46.5 Å². The first-order chi connectivity index (χ1) is 23.9. The maximum absolute atomic E-state index is 11.5. The highest BCUT2D eigenvalue weighted by molar-refractivity contribution is 5.89. The van der Waals surface area contributed by atoms with Gasteiger partial charge in [0.15, 0.2) is 46.0 Å². The van der Waals surface area contributed by atoms with Gasteiger partial charge in [0.1, 0.15) is 12.1 Å². The number of methoxy groups -OCH3 is 6. The van der Waals surface area contributed by atoms with Gasteiger partial charge in [-0.15, -0.1) is 0 Å². The zero-order valence-electron chi connectivity index (χ0n) is 28.9. The van der Waals surface area contributed by atoms with Crippen LogP contribution in [0.15, 0.2) is 36.4 Å². The van der Waals surface area contributed by atoms with E-state index in [1.807, 2.05) is 12.1 Å². The van der Waals surface area contributed by atoms with Crippen LogP contribution in [0.2, 0.25) is 0 Å². The van der Waals surface area contributed by atoms with Crippen LogP contribution in [0.5, 0.6) is 46.0 Å². The van der Waals surface area contributed by atoms with Crippen LogP contribution in [0, 0.1) is 0 Å². The average molecular weight is 669 g/mol. The SMILES string of the molecule is COc1ccc2c(c1O)-c1c(OC)c(OC)cc3c1[C@H](C2)[NH+](C[NH+]1CCc2cc(OC)c(OC)c4c2[C@@H]1Cc1ccc(OC)c(O)c1-4)CC3. The van der Waals surface area contributed by atoms with E-state index in [1.165, 1.54) is 32.1 Å². The van der Waals surface area contributed by atoms with Crippen molar-refractivity contribution in [1.29, 1.82) is 0 Å². The molecule has 256 valence electrons. The summed E-state index contributed by atoms with van der Waals surface area (Å²) in [5.74, 6) is 3.77. The number of fused-ring (bicyclic) bond motifs is 4. The molecule has 4 atom stereocenters. The minimum Gasteiger partial charge on any atom is -0.504 e. The standard InChI is InChI=1S/C39H42N2O8/c1-44-26-9-7-20-15-24-30-22(17-28(46-3)38(48-5)34(30)32(20)36(26)42)11-13-40(24)19-41-14-12-23-18-29(47-4)39(49-6)35-31(23)25(41)16-21-8-10-27(45-2)37(43)33(21)35/h7-10,17-18,24-25,42-43H,11-16,19H2,1-6H3/p+2/t24-,25-/m0/s1. The Bertz CT molecular complexity index is 1850. The molecule has 0 saturated carbocycles. The summed E-state index contributed by atoms with van der Waals surface area (Å²) in [4.78, 5) is 3.01. The van der Waals surface area contributed by atoms with Gasteiger partial charge in [0, 0.05) is 59.1 Å². The van der Waals surface area contributed by atoms with Gasteiger partial charge in [-0.1, -0.05) is 12.1 Å². The number of phenolic OH excluding ortho intramolecular Hbond substituents is 2. The lowest BCUT2D eigenvalue weighted by atomic mass is 9.75. The van der Waals surface area contributed by atoms with Crippen LogP contribution in [0.4, 0.5) is 0 Å². The van der Waals surface area contributed by atoms with Crippen LogP contribution in [-0.4, -0.2) is 72.6 Å². The Hall–Kier alpha value is -4.80. The zero-order chi connectivity index (χ0) is 34.1. The van der Waals surface area contributed by atoms with Crippen molar-refractivity contribution in [3.05, 3.63) is 69.8 Å². The first kappa shape index (κ1) is 31.5. The molecule has 0 saturated heterocycles. The second-order valence-corrected chi connectivity index (χ2v) is 13.4. The van der Waals surface area contributed by atoms with Crippen molar-refractivity contribution in [1.82, 2.24) is 0 Å². The smallest absolute Gasteiger partial charge is 0.205 e. The van der Waals surface area contributed by atoms with Crippen LogP contribution < -0.4 is 38.2 Å². The fourth-order valence-corrected chi connectivity index (χ4v) is 9.28. The monoisotopic (exact) mass is 668 g/mol. The molecule has 2 heterocycles. The van der Waals surface area contributed by atoms with Crippen molar-refractivity contribution < 1.29 is 48.4 Å². The molecule has 0 bridgehead atoms. The summed E-state index contributed by atoms with van der Waals surface area (Å²) in [6.45, 7) is 2.85. The number of hydrogen-bond donors (Lipinski definition) is 4. The van der Waals surface area contributed by atoms with Crippen LogP contribution in [0.1, 0.15) is 45.5 Å². The van der Waals surface area contributed by atoms with Gasteiger partial charge in [0.2, 0.25) is 6.67 Å². The molecule has 4 aliphatic rings. The van der Waals surface area contributed by atoms with Crippen molar-refractivity contribution in [2.75, 3.05) is 62.4 Å². The lowest BCUT2D eigenvalue weighted by Crippen LogP contribution is -3.32. The van der Waals surface area contributed by atoms with E-state index in [0.29, 0.717) is 34.5 Å². The lowest BCUT2D eigenvalue weighted by molar-refractivity contribution is -1.11. The van der Waals surface area contributed by atoms with E-state index in [1.54, 1.807) is 42.7 Å². The Labute approximate surface area is 286 Å². The molecule has 10 nitrogen and oxygen atoms in total. The molecule has 2 unspecified atom stereocenters. The lowest BCUT2D eigenvalue weighted by Gasteiger charge is -2.44. The van der Waals surface area contributed by atoms with Crippen LogP contribution in [0.25, 0.3) is 22.3 Å². The van der Waals surface area contributed by atoms with E-state index in [0.717, 1.165) is 78.8 Å². The van der Waals surface area contributed by atoms with E-state index in [-0.39, 0.29) is 23.6 Å². The first-order valence-electron chi connectivity index (χ1n) is 16.9. The van der Waals surface area contributed by atoms with E-state index in [2.05, 4.69) is 24.3 Å². The topological polar surface area (TPSA) is 105 Å². The summed E-state index contributed by atoms with van der Waals surface area (Å²) in [6, 6.07) is 12.5. The molecule has 10 heteroatoms. The Morgan fingerprint density at radius 2 is 0.939 bits per heavy atom. The van der Waals surface area contributed by atoms with E-state index >= 15 is 0 Å². The highest BCUT2D eigenvalue weighted by Crippen LogP contribution is 2.56. The van der Waals surface area contributed by atoms with Gasteiger partial charge >= 0.3 is 0 Å². The van der Waals surface area contributed by atoms with Gasteiger partial charge in [0.25, 0.3) is 0 Å². The molecule has 4 aromatic rings. The van der Waals surface area contributed by atoms with Gasteiger partial charge in [0.05, 0.1) is 55.7 Å². The molecule has 49 heavy (non-hydrogen) atoms. The Morgan fingerprint density at radius 1 is 0.531 bits per heavy atom. The van der Waals surface area contributed by atoms with Gasteiger partial charge < -0.3 is 38.6 Å². The molecule has 0 amide bonds. The van der Waals surface area contributed by atoms with Gasteiger partial charge in [-0.3, -0.25) is 9.80 Å². The number of benzene rings is 4. The summed E-state index contributed by atoms with van der Waals surface area (Å²) in [5, 5.41) is 23.0. The van der Waals surface area contributed by atoms with Crippen LogP contribution >= 0.6 is 0 Å². The first-order valence-corrected chi connectivity index (χ1v) is 16.9. The highest BCUT2D eigenvalue weighted by Gasteiger charge is 2.47. The quantitative estimate of drug-likeness (QED) is 0.227. The maximum Gasteiger partial charge on any atom is 0.205 e. The molecular weight excluding hydrogens is 624 g/mol. The Kier molecular flexibility index (Phi) is 7.68. The maximum atomic E-state index is 11.5. The summed E-state index contributed by atoms with van der Waals surface area (Å²) in [6.07, 6.45) is 3.35. The van der Waals surface area contributed by atoms with Crippen LogP contribution in [0.3, 0.4) is 0 Å². The third-order valence-electron chi connectivity index (χ3n) is 11.4. The number of ether oxygens (including phenoxy) is 6. The summed E-state index contributed by atoms with van der Waals surface area (Å²) in [7, 11) is 9.82. The summed E-state index contributed by atoms with van der Waals surface area (Å²) in [5.41, 5.74) is 10.4. The van der Waals surface area contributed by atoms with Gasteiger partial charge in [-0.2, -0.15) is 0 Å². The van der Waals surface area contributed by atoms with E-state index < -0.39 is 0 Å². The molecule has 4 aromatic carbocycles. The molecule has 0 radical (unpaired) electrons. The molecule has 8 rings (SSSR count). The Balaban J connectivity index is 1.23. The molecule has 0 fully saturated rings. The zero-order valence-corrected chi connectivity index (χ0v) is 28.9. The van der Waals surface area contributed by atoms with Crippen LogP contribution in [-0.2, 0) is 25.7 Å². The number of hydrogen-bond acceptors (Lipinski definition) is 8. The summed E-state index contributed by atoms with van der Waals surface area (Å²) >= 11 is 0. The molecule has 0 spiro atoms. The number of quaternary nitrogens is 2. The third-order valence-corrected chi connectivity index (χ3v) is 11.4. The van der Waals surface area contributed by atoms with Crippen molar-refractivity contribution in [3.8, 4) is 68.2 Å². The fraction of sp³-hybridized carbons (Fsp3) is 0.385. The largest absolute Gasteiger partial charge is 0.504 e. The fourth-order valence-electron chi connectivity index (χ4n) is 9.28. The number of nitrogens with one attached hydrogen (secondary N) is 2. The molecule has 0 aromatic heterocycles. The highest BCUT2D eigenvalue weighted by atomic mass is 16.5. The van der Waals surface area contributed by atoms with Crippen molar-refractivity contribution in [2.45, 2.75) is 37.8 Å². The normalized spacial score (nSPS) is 21.0. The number of rotatable bonds is 8. The average Bonchev–Trinajstić information content (AvgIpc) is 3.13. The minimum atomic E-state index is 0.134. The van der Waals surface area contributed by atoms with E-state index in [4.69, 9.17) is 28.4 Å². The van der Waals surface area contributed by atoms with E-state index in [9.17, 15) is 10.2 Å². The predicted molar refractivity (Wildman–Crippen MR) is 183 cm³/mol. The van der Waals surface area contributed by atoms with Crippen molar-refractivity contribution >= 4 is 0 Å². The predicted octanol–water partition coefficient (Wildman–Crippen LogP) is 3.22. The molecule has 2 aliphatic carbocycles. The summed E-state index contributed by atoms with van der Waals surface area (Å²) < 4.78 is 34.8. The third kappa shape index (κ3) is 4.53. The minimum absolute atomic E-state index is 0.134. The van der Waals surface area contributed by atoms with Crippen molar-refractivity contribution in [3.63, 3.8) is 0 Å². The molecule has 2 aliphatic heterocycles. The van der Waals surface area contributed by atoms with Crippen molar-refractivity contribution in [2.24, 2.45) is 0 Å². The second kappa shape index (κ2) is 12.0. The van der Waals surface area contributed by atoms with Gasteiger partial charge in [-0.25, -0.2) is 0 Å². The molecular formula is C39H44N2O8+2. The Morgan fingerprint density at radius 3 is 1.31 bits per heavy atom.